The van der Waals surface area contributed by atoms with Crippen LogP contribution in [0.3, 0.4) is 0 Å². The van der Waals surface area contributed by atoms with Gasteiger partial charge in [0.1, 0.15) is 5.75 Å². The molecule has 3 heterocycles. The van der Waals surface area contributed by atoms with E-state index >= 15 is 0 Å². The number of ether oxygens (including phenoxy) is 1. The zero-order valence-electron chi connectivity index (χ0n) is 16.4. The smallest absolute Gasteiger partial charge is 0.320 e. The number of pyridine rings is 1. The van der Waals surface area contributed by atoms with Crippen LogP contribution < -0.4 is 9.64 Å². The summed E-state index contributed by atoms with van der Waals surface area (Å²) < 4.78 is 19.5. The molecule has 2 aromatic rings. The summed E-state index contributed by atoms with van der Waals surface area (Å²) in [5.74, 6) is 1.02. The first kappa shape index (κ1) is 18.5. The topological polar surface area (TPSA) is 48.9 Å². The zero-order valence-corrected chi connectivity index (χ0v) is 16.4. The summed E-state index contributed by atoms with van der Waals surface area (Å²) in [6, 6.07) is 9.60. The van der Waals surface area contributed by atoms with Gasteiger partial charge in [0.2, 0.25) is 0 Å². The fourth-order valence-electron chi connectivity index (χ4n) is 4.55. The Kier molecular flexibility index (Phi) is 4.83. The van der Waals surface area contributed by atoms with Crippen LogP contribution in [0.1, 0.15) is 11.6 Å². The second kappa shape index (κ2) is 7.30. The van der Waals surface area contributed by atoms with E-state index in [1.54, 1.807) is 38.4 Å². The molecule has 0 unspecified atom stereocenters. The van der Waals surface area contributed by atoms with Gasteiger partial charge in [0, 0.05) is 51.8 Å². The van der Waals surface area contributed by atoms with Crippen molar-refractivity contribution >= 4 is 11.7 Å². The maximum atomic E-state index is 14.2. The highest BCUT2D eigenvalue weighted by Gasteiger charge is 2.49. The van der Waals surface area contributed by atoms with E-state index in [1.165, 1.54) is 6.20 Å². The van der Waals surface area contributed by atoms with E-state index in [1.807, 2.05) is 29.2 Å². The van der Waals surface area contributed by atoms with Crippen LogP contribution in [0.15, 0.2) is 42.7 Å². The molecule has 4 rings (SSSR count). The average molecular weight is 384 g/mol. The maximum Gasteiger partial charge on any atom is 0.320 e. The molecule has 3 atom stereocenters. The first-order valence-electron chi connectivity index (χ1n) is 9.46. The van der Waals surface area contributed by atoms with E-state index in [-0.39, 0.29) is 23.8 Å². The van der Waals surface area contributed by atoms with Gasteiger partial charge in [-0.15, -0.1) is 0 Å². The first-order chi connectivity index (χ1) is 13.5. The minimum Gasteiger partial charge on any atom is -0.497 e. The van der Waals surface area contributed by atoms with Crippen molar-refractivity contribution in [2.75, 3.05) is 45.7 Å². The van der Waals surface area contributed by atoms with Crippen molar-refractivity contribution in [2.24, 2.45) is 11.8 Å². The monoisotopic (exact) mass is 384 g/mol. The molecule has 2 aliphatic heterocycles. The van der Waals surface area contributed by atoms with Crippen molar-refractivity contribution in [2.45, 2.75) is 6.04 Å². The molecule has 7 heteroatoms. The molecule has 0 radical (unpaired) electrons. The number of carbonyl (C=O) groups excluding carboxylic acids is 1. The Morgan fingerprint density at radius 3 is 2.57 bits per heavy atom. The highest BCUT2D eigenvalue weighted by molar-refractivity contribution is 5.75. The molecule has 2 saturated heterocycles. The number of fused-ring (bicyclic) bond motifs is 1. The van der Waals surface area contributed by atoms with Gasteiger partial charge in [-0.05, 0) is 23.8 Å². The quantitative estimate of drug-likeness (QED) is 0.816. The average Bonchev–Trinajstić information content (AvgIpc) is 3.25. The van der Waals surface area contributed by atoms with Crippen molar-refractivity contribution in [1.29, 1.82) is 0 Å². The lowest BCUT2D eigenvalue weighted by Gasteiger charge is -2.32. The Bertz CT molecular complexity index is 858. The standard InChI is InChI=1S/C21H25FN4O2/c1-24(2)21(27)26-12-15-11-25(19-8-9-23-10-18(19)22)13-17(15)20(26)14-4-6-16(28-3)7-5-14/h4-10,15,17,20H,11-13H2,1-3H3/t15-,17-,20+/m1/s1. The fourth-order valence-corrected chi connectivity index (χ4v) is 4.55. The van der Waals surface area contributed by atoms with Crippen LogP contribution in [-0.4, -0.2) is 61.7 Å². The van der Waals surface area contributed by atoms with E-state index in [2.05, 4.69) is 9.88 Å². The number of halogens is 1. The molecule has 6 nitrogen and oxygen atoms in total. The number of hydrogen-bond donors (Lipinski definition) is 0. The summed E-state index contributed by atoms with van der Waals surface area (Å²) in [5.41, 5.74) is 1.67. The molecule has 1 aromatic carbocycles. The van der Waals surface area contributed by atoms with Gasteiger partial charge in [0.05, 0.1) is 25.0 Å². The van der Waals surface area contributed by atoms with E-state index < -0.39 is 0 Å². The van der Waals surface area contributed by atoms with Crippen molar-refractivity contribution in [3.8, 4) is 5.75 Å². The number of hydrogen-bond acceptors (Lipinski definition) is 4. The zero-order chi connectivity index (χ0) is 19.8. The molecule has 0 N–H and O–H groups in total. The minimum atomic E-state index is -0.301. The Morgan fingerprint density at radius 1 is 1.18 bits per heavy atom. The van der Waals surface area contributed by atoms with Gasteiger partial charge >= 0.3 is 6.03 Å². The van der Waals surface area contributed by atoms with Crippen molar-refractivity contribution in [1.82, 2.24) is 14.8 Å². The number of amides is 2. The Hall–Kier alpha value is -2.83. The highest BCUT2D eigenvalue weighted by atomic mass is 19.1. The van der Waals surface area contributed by atoms with E-state index in [9.17, 15) is 9.18 Å². The highest BCUT2D eigenvalue weighted by Crippen LogP contribution is 2.46. The number of anilines is 1. The van der Waals surface area contributed by atoms with Gasteiger partial charge < -0.3 is 19.4 Å². The minimum absolute atomic E-state index is 0.0110. The van der Waals surface area contributed by atoms with Crippen LogP contribution in [0.4, 0.5) is 14.9 Å². The van der Waals surface area contributed by atoms with E-state index in [4.69, 9.17) is 4.74 Å². The lowest BCUT2D eigenvalue weighted by atomic mass is 9.89. The van der Waals surface area contributed by atoms with Gasteiger partial charge in [0.25, 0.3) is 0 Å². The third-order valence-electron chi connectivity index (χ3n) is 5.84. The Morgan fingerprint density at radius 2 is 1.93 bits per heavy atom. The predicted molar refractivity (Wildman–Crippen MR) is 105 cm³/mol. The van der Waals surface area contributed by atoms with Crippen LogP contribution >= 0.6 is 0 Å². The van der Waals surface area contributed by atoms with Gasteiger partial charge in [-0.1, -0.05) is 12.1 Å². The largest absolute Gasteiger partial charge is 0.497 e. The number of urea groups is 1. The SMILES string of the molecule is COc1ccc([C@H]2[C@@H]3CN(c4ccncc4F)C[C@@H]3CN2C(=O)N(C)C)cc1. The van der Waals surface area contributed by atoms with Gasteiger partial charge in [-0.3, -0.25) is 4.98 Å². The van der Waals surface area contributed by atoms with Crippen LogP contribution in [0, 0.1) is 17.7 Å². The molecular formula is C21H25FN4O2. The Labute approximate surface area is 164 Å². The second-order valence-electron chi connectivity index (χ2n) is 7.70. The third-order valence-corrected chi connectivity index (χ3v) is 5.84. The third kappa shape index (κ3) is 3.15. The van der Waals surface area contributed by atoms with Crippen LogP contribution in [-0.2, 0) is 0 Å². The molecule has 2 amide bonds. The predicted octanol–water partition coefficient (Wildman–Crippen LogP) is 3.02. The summed E-state index contributed by atoms with van der Waals surface area (Å²) in [4.78, 5) is 22.3. The fraction of sp³-hybridized carbons (Fsp3) is 0.429. The van der Waals surface area contributed by atoms with Crippen molar-refractivity contribution < 1.29 is 13.9 Å². The van der Waals surface area contributed by atoms with E-state index in [0.717, 1.165) is 17.9 Å². The summed E-state index contributed by atoms with van der Waals surface area (Å²) >= 11 is 0. The van der Waals surface area contributed by atoms with Gasteiger partial charge in [-0.2, -0.15) is 0 Å². The van der Waals surface area contributed by atoms with Crippen LogP contribution in [0.2, 0.25) is 0 Å². The number of aromatic nitrogens is 1. The lowest BCUT2D eigenvalue weighted by Crippen LogP contribution is -2.41. The summed E-state index contributed by atoms with van der Waals surface area (Å²) in [7, 11) is 5.20. The van der Waals surface area contributed by atoms with E-state index in [0.29, 0.717) is 24.7 Å². The molecule has 148 valence electrons. The molecule has 0 spiro atoms. The number of likely N-dealkylation sites (tertiary alicyclic amines) is 1. The number of methoxy groups -OCH3 is 1. The molecule has 0 bridgehead atoms. The second-order valence-corrected chi connectivity index (χ2v) is 7.70. The molecule has 2 fully saturated rings. The van der Waals surface area contributed by atoms with Crippen LogP contribution in [0.5, 0.6) is 5.75 Å². The summed E-state index contributed by atoms with van der Waals surface area (Å²) in [6.45, 7) is 2.11. The molecule has 1 aromatic heterocycles. The Balaban J connectivity index is 1.65. The van der Waals surface area contributed by atoms with Crippen molar-refractivity contribution in [3.05, 3.63) is 54.1 Å². The van der Waals surface area contributed by atoms with Gasteiger partial charge in [-0.25, -0.2) is 9.18 Å². The summed E-state index contributed by atoms with van der Waals surface area (Å²) in [5, 5.41) is 0. The number of benzene rings is 1. The van der Waals surface area contributed by atoms with Crippen LogP contribution in [0.25, 0.3) is 0 Å². The first-order valence-corrected chi connectivity index (χ1v) is 9.46. The summed E-state index contributed by atoms with van der Waals surface area (Å²) in [6.07, 6.45) is 2.88. The maximum absolute atomic E-state index is 14.2. The molecule has 0 saturated carbocycles. The number of carbonyl (C=O) groups is 1. The molecule has 28 heavy (non-hydrogen) atoms. The molecule has 2 aliphatic rings. The number of rotatable bonds is 3. The normalized spacial score (nSPS) is 23.6. The molecular weight excluding hydrogens is 359 g/mol. The number of nitrogens with zero attached hydrogens (tertiary/aromatic N) is 4. The lowest BCUT2D eigenvalue weighted by molar-refractivity contribution is 0.159. The molecule has 0 aliphatic carbocycles. The van der Waals surface area contributed by atoms with Gasteiger partial charge in [0.15, 0.2) is 5.82 Å². The van der Waals surface area contributed by atoms with Crippen molar-refractivity contribution in [3.63, 3.8) is 0 Å².